The van der Waals surface area contributed by atoms with Crippen molar-refractivity contribution in [2.45, 2.75) is 39.4 Å². The Kier molecular flexibility index (Phi) is 4.38. The molecule has 1 aromatic rings. The van der Waals surface area contributed by atoms with E-state index in [4.69, 9.17) is 0 Å². The van der Waals surface area contributed by atoms with E-state index in [-0.39, 0.29) is 0 Å². The summed E-state index contributed by atoms with van der Waals surface area (Å²) >= 11 is 0. The molecule has 0 bridgehead atoms. The molecule has 1 amide bonds. The van der Waals surface area contributed by atoms with Gasteiger partial charge in [-0.1, -0.05) is 23.8 Å². The Morgan fingerprint density at radius 1 is 1.33 bits per heavy atom. The molecule has 0 aromatic heterocycles. The number of hydrogen-bond donors (Lipinski definition) is 1. The van der Waals surface area contributed by atoms with Crippen molar-refractivity contribution in [3.63, 3.8) is 0 Å². The fourth-order valence-corrected chi connectivity index (χ4v) is 1.85. The first-order valence-electron chi connectivity index (χ1n) is 5.60. The van der Waals surface area contributed by atoms with Gasteiger partial charge in [-0.3, -0.25) is 4.79 Å². The number of carbonyl (C=O) groups is 1. The molecule has 0 heterocycles. The predicted molar refractivity (Wildman–Crippen MR) is 63.1 cm³/mol. The van der Waals surface area contributed by atoms with Crippen LogP contribution in [0.1, 0.15) is 36.1 Å². The first kappa shape index (κ1) is 14.5. The molecule has 0 fully saturated rings. The lowest BCUT2D eigenvalue weighted by Crippen LogP contribution is -2.30. The average Bonchev–Trinajstić information content (AvgIpc) is 2.18. The molecule has 2 nitrogen and oxygen atoms in total. The maximum atomic E-state index is 12.5. The molecular weight excluding hydrogens is 243 g/mol. The van der Waals surface area contributed by atoms with Crippen molar-refractivity contribution in [3.05, 3.63) is 34.9 Å². The molecule has 1 aromatic carbocycles. The zero-order chi connectivity index (χ0) is 13.9. The van der Waals surface area contributed by atoms with Crippen molar-refractivity contribution in [3.8, 4) is 0 Å². The molecule has 0 aliphatic heterocycles. The molecule has 5 heteroatoms. The highest BCUT2D eigenvalue weighted by Gasteiger charge is 2.33. The molecule has 1 unspecified atom stereocenters. The smallest absolute Gasteiger partial charge is 0.349 e. The van der Waals surface area contributed by atoms with Crippen LogP contribution in [-0.4, -0.2) is 12.1 Å². The Morgan fingerprint density at radius 2 is 1.94 bits per heavy atom. The number of hydrogen-bond acceptors (Lipinski definition) is 1. The Balaban J connectivity index is 3.08. The summed E-state index contributed by atoms with van der Waals surface area (Å²) in [5, 5.41) is 2.36. The van der Waals surface area contributed by atoms with Crippen LogP contribution in [0.25, 0.3) is 0 Å². The van der Waals surface area contributed by atoms with E-state index in [0.29, 0.717) is 5.56 Å². The monoisotopic (exact) mass is 259 g/mol. The first-order valence-corrected chi connectivity index (χ1v) is 5.60. The quantitative estimate of drug-likeness (QED) is 0.885. The highest BCUT2D eigenvalue weighted by atomic mass is 19.4. The number of alkyl halides is 3. The number of rotatable bonds is 3. The third kappa shape index (κ3) is 4.39. The van der Waals surface area contributed by atoms with Crippen LogP contribution in [0.2, 0.25) is 0 Å². The van der Waals surface area contributed by atoms with Crippen molar-refractivity contribution in [1.82, 2.24) is 5.32 Å². The van der Waals surface area contributed by atoms with E-state index in [9.17, 15) is 18.0 Å². The second kappa shape index (κ2) is 5.42. The molecule has 0 saturated carbocycles. The summed E-state index contributed by atoms with van der Waals surface area (Å²) in [5.74, 6) is -0.467. The molecule has 0 radical (unpaired) electrons. The van der Waals surface area contributed by atoms with Crippen LogP contribution in [0.15, 0.2) is 18.2 Å². The summed E-state index contributed by atoms with van der Waals surface area (Å²) in [6, 6.07) is 4.25. The summed E-state index contributed by atoms with van der Waals surface area (Å²) in [5.41, 5.74) is 2.12. The predicted octanol–water partition coefficient (Wildman–Crippen LogP) is 3.43. The van der Waals surface area contributed by atoms with Gasteiger partial charge < -0.3 is 5.32 Å². The van der Waals surface area contributed by atoms with E-state index < -0.39 is 24.5 Å². The minimum absolute atomic E-state index is 0.467. The topological polar surface area (TPSA) is 29.1 Å². The number of carbonyl (C=O) groups excluding carboxylic acids is 1. The molecule has 1 atom stereocenters. The number of amides is 1. The molecule has 1 N–H and O–H groups in total. The van der Waals surface area contributed by atoms with Crippen molar-refractivity contribution in [2.24, 2.45) is 0 Å². The molecule has 0 spiro atoms. The second-order valence-corrected chi connectivity index (χ2v) is 4.43. The van der Waals surface area contributed by atoms with Crippen LogP contribution in [0.5, 0.6) is 0 Å². The first-order chi connectivity index (χ1) is 8.19. The number of nitrogens with one attached hydrogen (secondary N) is 1. The van der Waals surface area contributed by atoms with Crippen LogP contribution in [-0.2, 0) is 4.79 Å². The summed E-state index contributed by atoms with van der Waals surface area (Å²) < 4.78 is 37.6. The van der Waals surface area contributed by atoms with E-state index in [0.717, 1.165) is 11.1 Å². The zero-order valence-corrected chi connectivity index (χ0v) is 10.6. The summed E-state index contributed by atoms with van der Waals surface area (Å²) in [7, 11) is 0. The zero-order valence-electron chi connectivity index (χ0n) is 10.6. The SMILES string of the molecule is CC(=O)NC(CC(F)(F)F)c1cc(C)ccc1C. The van der Waals surface area contributed by atoms with Gasteiger partial charge in [-0.25, -0.2) is 0 Å². The lowest BCUT2D eigenvalue weighted by molar-refractivity contribution is -0.142. The van der Waals surface area contributed by atoms with E-state index in [2.05, 4.69) is 5.32 Å². The lowest BCUT2D eigenvalue weighted by Gasteiger charge is -2.22. The van der Waals surface area contributed by atoms with Crippen LogP contribution in [0.3, 0.4) is 0 Å². The third-order valence-electron chi connectivity index (χ3n) is 2.62. The Labute approximate surface area is 104 Å². The standard InChI is InChI=1S/C13H16F3NO/c1-8-4-5-9(2)11(6-8)12(17-10(3)18)7-13(14,15)16/h4-6,12H,7H2,1-3H3,(H,17,18). The van der Waals surface area contributed by atoms with Gasteiger partial charge >= 0.3 is 6.18 Å². The number of aryl methyl sites for hydroxylation is 2. The van der Waals surface area contributed by atoms with E-state index in [1.165, 1.54) is 6.92 Å². The Bertz CT molecular complexity index is 440. The third-order valence-corrected chi connectivity index (χ3v) is 2.62. The fourth-order valence-electron chi connectivity index (χ4n) is 1.85. The molecular formula is C13H16F3NO. The van der Waals surface area contributed by atoms with Crippen molar-refractivity contribution in [2.75, 3.05) is 0 Å². The minimum Gasteiger partial charge on any atom is -0.349 e. The molecule has 0 aliphatic rings. The van der Waals surface area contributed by atoms with Gasteiger partial charge in [-0.2, -0.15) is 13.2 Å². The lowest BCUT2D eigenvalue weighted by atomic mass is 9.96. The largest absolute Gasteiger partial charge is 0.391 e. The van der Waals surface area contributed by atoms with Gasteiger partial charge in [0.2, 0.25) is 5.91 Å². The normalized spacial score (nSPS) is 13.2. The average molecular weight is 259 g/mol. The summed E-state index contributed by atoms with van der Waals surface area (Å²) in [4.78, 5) is 11.0. The maximum Gasteiger partial charge on any atom is 0.391 e. The number of benzene rings is 1. The van der Waals surface area contributed by atoms with Crippen molar-refractivity contribution in [1.29, 1.82) is 0 Å². The highest BCUT2D eigenvalue weighted by Crippen LogP contribution is 2.31. The van der Waals surface area contributed by atoms with Gasteiger partial charge in [0.25, 0.3) is 0 Å². The molecule has 0 aliphatic carbocycles. The van der Waals surface area contributed by atoms with Crippen LogP contribution >= 0.6 is 0 Å². The van der Waals surface area contributed by atoms with E-state index in [1.807, 2.05) is 6.07 Å². The maximum absolute atomic E-state index is 12.5. The molecule has 0 saturated heterocycles. The van der Waals surface area contributed by atoms with E-state index >= 15 is 0 Å². The fraction of sp³-hybridized carbons (Fsp3) is 0.462. The number of halogens is 3. The minimum atomic E-state index is -4.32. The van der Waals surface area contributed by atoms with Gasteiger partial charge in [0.05, 0.1) is 12.5 Å². The van der Waals surface area contributed by atoms with Crippen LogP contribution in [0, 0.1) is 13.8 Å². The molecule has 18 heavy (non-hydrogen) atoms. The van der Waals surface area contributed by atoms with E-state index in [1.54, 1.807) is 26.0 Å². The molecule has 100 valence electrons. The summed E-state index contributed by atoms with van der Waals surface area (Å²) in [6.45, 7) is 4.76. The Morgan fingerprint density at radius 3 is 2.44 bits per heavy atom. The van der Waals surface area contributed by atoms with Gasteiger partial charge in [-0.05, 0) is 25.0 Å². The Hall–Kier alpha value is -1.52. The molecule has 1 rings (SSSR count). The van der Waals surface area contributed by atoms with Crippen molar-refractivity contribution < 1.29 is 18.0 Å². The van der Waals surface area contributed by atoms with Gasteiger partial charge in [0.1, 0.15) is 0 Å². The van der Waals surface area contributed by atoms with Crippen LogP contribution < -0.4 is 5.32 Å². The summed E-state index contributed by atoms with van der Waals surface area (Å²) in [6.07, 6.45) is -5.37. The van der Waals surface area contributed by atoms with Crippen LogP contribution in [0.4, 0.5) is 13.2 Å². The van der Waals surface area contributed by atoms with Gasteiger partial charge in [0, 0.05) is 6.92 Å². The van der Waals surface area contributed by atoms with Crippen molar-refractivity contribution >= 4 is 5.91 Å². The second-order valence-electron chi connectivity index (χ2n) is 4.43. The highest BCUT2D eigenvalue weighted by molar-refractivity contribution is 5.73. The van der Waals surface area contributed by atoms with Gasteiger partial charge in [-0.15, -0.1) is 0 Å². The van der Waals surface area contributed by atoms with Gasteiger partial charge in [0.15, 0.2) is 0 Å².